The SMILES string of the molecule is CC1CCN(C(=O)c2cccc(NCC(=O)Nc3cccc4ccccc34)c2)CC1. The van der Waals surface area contributed by atoms with Gasteiger partial charge >= 0.3 is 0 Å². The van der Waals surface area contributed by atoms with Gasteiger partial charge in [-0.2, -0.15) is 0 Å². The molecule has 0 aromatic heterocycles. The van der Waals surface area contributed by atoms with Gasteiger partial charge < -0.3 is 15.5 Å². The van der Waals surface area contributed by atoms with Crippen LogP contribution in [0.2, 0.25) is 0 Å². The molecule has 4 rings (SSSR count). The number of amides is 2. The number of carbonyl (C=O) groups is 2. The van der Waals surface area contributed by atoms with Crippen LogP contribution < -0.4 is 10.6 Å². The fourth-order valence-electron chi connectivity index (χ4n) is 3.87. The molecule has 5 nitrogen and oxygen atoms in total. The Morgan fingerprint density at radius 2 is 1.70 bits per heavy atom. The van der Waals surface area contributed by atoms with Crippen LogP contribution in [0.5, 0.6) is 0 Å². The van der Waals surface area contributed by atoms with Crippen LogP contribution in [0.25, 0.3) is 10.8 Å². The van der Waals surface area contributed by atoms with E-state index in [9.17, 15) is 9.59 Å². The smallest absolute Gasteiger partial charge is 0.253 e. The Morgan fingerprint density at radius 1 is 0.967 bits per heavy atom. The highest BCUT2D eigenvalue weighted by Gasteiger charge is 2.21. The molecule has 0 aliphatic carbocycles. The third-order valence-corrected chi connectivity index (χ3v) is 5.70. The maximum absolute atomic E-state index is 12.8. The summed E-state index contributed by atoms with van der Waals surface area (Å²) in [4.78, 5) is 27.2. The number of rotatable bonds is 5. The van der Waals surface area contributed by atoms with Gasteiger partial charge in [-0.15, -0.1) is 0 Å². The first-order chi connectivity index (χ1) is 14.6. The Labute approximate surface area is 177 Å². The number of benzene rings is 3. The first-order valence-corrected chi connectivity index (χ1v) is 10.5. The van der Waals surface area contributed by atoms with Crippen LogP contribution in [-0.2, 0) is 4.79 Å². The van der Waals surface area contributed by atoms with Gasteiger partial charge in [-0.1, -0.05) is 49.4 Å². The number of nitrogens with zero attached hydrogens (tertiary/aromatic N) is 1. The summed E-state index contributed by atoms with van der Waals surface area (Å²) < 4.78 is 0. The number of anilines is 2. The van der Waals surface area contributed by atoms with Crippen LogP contribution in [0.4, 0.5) is 11.4 Å². The summed E-state index contributed by atoms with van der Waals surface area (Å²) >= 11 is 0. The number of piperidine rings is 1. The third-order valence-electron chi connectivity index (χ3n) is 5.70. The van der Waals surface area contributed by atoms with E-state index in [0.29, 0.717) is 11.5 Å². The Hall–Kier alpha value is -3.34. The summed E-state index contributed by atoms with van der Waals surface area (Å²) in [5.74, 6) is 0.612. The number of carbonyl (C=O) groups excluding carboxylic acids is 2. The van der Waals surface area contributed by atoms with Crippen molar-refractivity contribution in [1.82, 2.24) is 4.90 Å². The molecular formula is C25H27N3O2. The largest absolute Gasteiger partial charge is 0.376 e. The van der Waals surface area contributed by atoms with Crippen molar-refractivity contribution in [3.05, 3.63) is 72.3 Å². The van der Waals surface area contributed by atoms with E-state index in [1.807, 2.05) is 71.6 Å². The van der Waals surface area contributed by atoms with E-state index < -0.39 is 0 Å². The summed E-state index contributed by atoms with van der Waals surface area (Å²) in [7, 11) is 0. The van der Waals surface area contributed by atoms with E-state index in [0.717, 1.165) is 48.1 Å². The van der Waals surface area contributed by atoms with Crippen LogP contribution in [0.1, 0.15) is 30.1 Å². The van der Waals surface area contributed by atoms with E-state index in [-0.39, 0.29) is 18.4 Å². The van der Waals surface area contributed by atoms with Crippen molar-refractivity contribution in [3.8, 4) is 0 Å². The molecule has 154 valence electrons. The molecule has 0 saturated carbocycles. The summed E-state index contributed by atoms with van der Waals surface area (Å²) in [6, 6.07) is 21.2. The fourth-order valence-corrected chi connectivity index (χ4v) is 3.87. The quantitative estimate of drug-likeness (QED) is 0.648. The minimum atomic E-state index is -0.131. The Balaban J connectivity index is 1.37. The zero-order valence-electron chi connectivity index (χ0n) is 17.2. The Kier molecular flexibility index (Phi) is 5.98. The molecule has 1 aliphatic rings. The van der Waals surface area contributed by atoms with E-state index in [2.05, 4.69) is 17.6 Å². The van der Waals surface area contributed by atoms with Gasteiger partial charge in [0.15, 0.2) is 0 Å². The molecule has 5 heteroatoms. The van der Waals surface area contributed by atoms with E-state index in [1.54, 1.807) is 0 Å². The third kappa shape index (κ3) is 4.62. The molecule has 0 atom stereocenters. The highest BCUT2D eigenvalue weighted by Crippen LogP contribution is 2.23. The molecule has 0 radical (unpaired) electrons. The molecule has 1 aliphatic heterocycles. The van der Waals surface area contributed by atoms with Crippen molar-refractivity contribution in [2.45, 2.75) is 19.8 Å². The number of nitrogens with one attached hydrogen (secondary N) is 2. The van der Waals surface area contributed by atoms with Crippen molar-refractivity contribution in [2.75, 3.05) is 30.3 Å². The molecule has 3 aromatic rings. The second kappa shape index (κ2) is 8.99. The first kappa shape index (κ1) is 20.0. The lowest BCUT2D eigenvalue weighted by Gasteiger charge is -2.30. The molecule has 3 aromatic carbocycles. The molecular weight excluding hydrogens is 374 g/mol. The van der Waals surface area contributed by atoms with E-state index in [4.69, 9.17) is 0 Å². The second-order valence-electron chi connectivity index (χ2n) is 7.98. The van der Waals surface area contributed by atoms with Crippen LogP contribution in [0.3, 0.4) is 0 Å². The monoisotopic (exact) mass is 401 g/mol. The minimum Gasteiger partial charge on any atom is -0.376 e. The first-order valence-electron chi connectivity index (χ1n) is 10.5. The summed E-state index contributed by atoms with van der Waals surface area (Å²) in [6.45, 7) is 3.98. The number of hydrogen-bond acceptors (Lipinski definition) is 3. The minimum absolute atomic E-state index is 0.0609. The zero-order chi connectivity index (χ0) is 20.9. The second-order valence-corrected chi connectivity index (χ2v) is 7.98. The fraction of sp³-hybridized carbons (Fsp3) is 0.280. The van der Waals surface area contributed by atoms with E-state index >= 15 is 0 Å². The summed E-state index contributed by atoms with van der Waals surface area (Å²) in [6.07, 6.45) is 2.11. The topological polar surface area (TPSA) is 61.4 Å². The van der Waals surface area contributed by atoms with Gasteiger partial charge in [0.05, 0.1) is 6.54 Å². The van der Waals surface area contributed by atoms with Gasteiger partial charge in [-0.05, 0) is 48.4 Å². The predicted octanol–water partition coefficient (Wildman–Crippen LogP) is 4.76. The van der Waals surface area contributed by atoms with Gasteiger partial charge in [0.25, 0.3) is 5.91 Å². The van der Waals surface area contributed by atoms with Crippen LogP contribution in [0, 0.1) is 5.92 Å². The molecule has 2 N–H and O–H groups in total. The van der Waals surface area contributed by atoms with Crippen molar-refractivity contribution in [1.29, 1.82) is 0 Å². The maximum atomic E-state index is 12.8. The lowest BCUT2D eigenvalue weighted by Crippen LogP contribution is -2.37. The van der Waals surface area contributed by atoms with Gasteiger partial charge in [-0.3, -0.25) is 9.59 Å². The number of likely N-dealkylation sites (tertiary alicyclic amines) is 1. The predicted molar refractivity (Wildman–Crippen MR) is 122 cm³/mol. The average Bonchev–Trinajstić information content (AvgIpc) is 2.78. The van der Waals surface area contributed by atoms with Gasteiger partial charge in [0, 0.05) is 35.4 Å². The van der Waals surface area contributed by atoms with Crippen molar-refractivity contribution in [3.63, 3.8) is 0 Å². The lowest BCUT2D eigenvalue weighted by atomic mass is 9.98. The van der Waals surface area contributed by atoms with Crippen LogP contribution in [0.15, 0.2) is 66.7 Å². The molecule has 1 fully saturated rings. The van der Waals surface area contributed by atoms with Crippen molar-refractivity contribution in [2.24, 2.45) is 5.92 Å². The normalized spacial score (nSPS) is 14.5. The average molecular weight is 402 g/mol. The lowest BCUT2D eigenvalue weighted by molar-refractivity contribution is -0.114. The molecule has 2 amide bonds. The van der Waals surface area contributed by atoms with Gasteiger partial charge in [0.1, 0.15) is 0 Å². The van der Waals surface area contributed by atoms with Crippen LogP contribution >= 0.6 is 0 Å². The highest BCUT2D eigenvalue weighted by atomic mass is 16.2. The number of hydrogen-bond donors (Lipinski definition) is 2. The maximum Gasteiger partial charge on any atom is 0.253 e. The molecule has 0 spiro atoms. The molecule has 0 bridgehead atoms. The molecule has 1 heterocycles. The van der Waals surface area contributed by atoms with E-state index in [1.165, 1.54) is 0 Å². The Bertz CT molecular complexity index is 1050. The van der Waals surface area contributed by atoms with Crippen LogP contribution in [-0.4, -0.2) is 36.3 Å². The van der Waals surface area contributed by atoms with Gasteiger partial charge in [-0.25, -0.2) is 0 Å². The van der Waals surface area contributed by atoms with Crippen molar-refractivity contribution >= 4 is 34.0 Å². The molecule has 0 unspecified atom stereocenters. The summed E-state index contributed by atoms with van der Waals surface area (Å²) in [5, 5.41) is 8.20. The number of fused-ring (bicyclic) bond motifs is 1. The highest BCUT2D eigenvalue weighted by molar-refractivity contribution is 6.03. The molecule has 1 saturated heterocycles. The van der Waals surface area contributed by atoms with Gasteiger partial charge in [0.2, 0.25) is 5.91 Å². The standard InChI is InChI=1S/C25H27N3O2/c1-18-12-14-28(15-13-18)25(30)20-8-4-9-21(16-20)26-17-24(29)27-23-11-5-7-19-6-2-3-10-22(19)23/h2-11,16,18,26H,12-15,17H2,1H3,(H,27,29). The molecule has 30 heavy (non-hydrogen) atoms. The van der Waals surface area contributed by atoms with Crippen molar-refractivity contribution < 1.29 is 9.59 Å². The summed E-state index contributed by atoms with van der Waals surface area (Å²) in [5.41, 5.74) is 2.21. The zero-order valence-corrected chi connectivity index (χ0v) is 17.2. The Morgan fingerprint density at radius 3 is 2.53 bits per heavy atom.